The summed E-state index contributed by atoms with van der Waals surface area (Å²) in [6, 6.07) is 8.96. The molecule has 0 bridgehead atoms. The molecule has 0 saturated carbocycles. The number of nitrogens with one attached hydrogen (secondary N) is 1. The minimum atomic E-state index is 0.488. The van der Waals surface area contributed by atoms with Crippen LogP contribution >= 0.6 is 0 Å². The van der Waals surface area contributed by atoms with Crippen LogP contribution < -0.4 is 10.2 Å². The highest BCUT2D eigenvalue weighted by Gasteiger charge is 2.12. The standard InChI is InChI=1S/C23H37N7O/c1-19-26-27-22(29(19)3)17-25-23(24-13-8-16-31-4)28(2)18-20-9-11-21(12-10-20)30-14-6-5-7-15-30/h9-12H,5-8,13-18H2,1-4H3,(H,24,25). The first kappa shape index (κ1) is 23.1. The Kier molecular flexibility index (Phi) is 8.70. The maximum atomic E-state index is 5.17. The van der Waals surface area contributed by atoms with Crippen molar-refractivity contribution in [1.82, 2.24) is 25.0 Å². The number of ether oxygens (including phenoxy) is 1. The summed E-state index contributed by atoms with van der Waals surface area (Å²) in [5, 5.41) is 11.8. The van der Waals surface area contributed by atoms with Gasteiger partial charge in [-0.1, -0.05) is 12.1 Å². The van der Waals surface area contributed by atoms with E-state index in [-0.39, 0.29) is 0 Å². The number of anilines is 1. The molecule has 1 aromatic heterocycles. The van der Waals surface area contributed by atoms with E-state index in [0.717, 1.165) is 43.7 Å². The third kappa shape index (κ3) is 6.69. The van der Waals surface area contributed by atoms with Gasteiger partial charge in [-0.05, 0) is 50.3 Å². The van der Waals surface area contributed by atoms with Crippen molar-refractivity contribution in [2.75, 3.05) is 45.3 Å². The zero-order chi connectivity index (χ0) is 22.1. The average molecular weight is 428 g/mol. The van der Waals surface area contributed by atoms with E-state index in [4.69, 9.17) is 9.73 Å². The molecule has 2 heterocycles. The van der Waals surface area contributed by atoms with E-state index in [1.807, 2.05) is 18.5 Å². The maximum Gasteiger partial charge on any atom is 0.194 e. The maximum absolute atomic E-state index is 5.17. The molecule has 3 rings (SSSR count). The second-order valence-corrected chi connectivity index (χ2v) is 8.21. The minimum absolute atomic E-state index is 0.488. The number of piperidine rings is 1. The Morgan fingerprint density at radius 1 is 1.16 bits per heavy atom. The van der Waals surface area contributed by atoms with Gasteiger partial charge in [-0.2, -0.15) is 0 Å². The summed E-state index contributed by atoms with van der Waals surface area (Å²) in [6.45, 7) is 7.10. The van der Waals surface area contributed by atoms with Crippen LogP contribution in [0.2, 0.25) is 0 Å². The monoisotopic (exact) mass is 427 g/mol. The van der Waals surface area contributed by atoms with Crippen LogP contribution in [0.15, 0.2) is 29.3 Å². The van der Waals surface area contributed by atoms with Gasteiger partial charge in [-0.3, -0.25) is 0 Å². The minimum Gasteiger partial charge on any atom is -0.385 e. The summed E-state index contributed by atoms with van der Waals surface area (Å²) in [6.07, 6.45) is 4.87. The van der Waals surface area contributed by atoms with E-state index in [9.17, 15) is 0 Å². The molecule has 0 atom stereocenters. The number of hydrogen-bond donors (Lipinski definition) is 1. The molecule has 8 nitrogen and oxygen atoms in total. The van der Waals surface area contributed by atoms with Gasteiger partial charge in [0.15, 0.2) is 11.8 Å². The molecule has 1 N–H and O–H groups in total. The highest BCUT2D eigenvalue weighted by Crippen LogP contribution is 2.20. The highest BCUT2D eigenvalue weighted by molar-refractivity contribution is 5.79. The van der Waals surface area contributed by atoms with Crippen molar-refractivity contribution >= 4 is 11.6 Å². The summed E-state index contributed by atoms with van der Waals surface area (Å²) < 4.78 is 7.15. The van der Waals surface area contributed by atoms with Crippen molar-refractivity contribution in [3.63, 3.8) is 0 Å². The third-order valence-corrected chi connectivity index (χ3v) is 5.80. The van der Waals surface area contributed by atoms with E-state index in [1.165, 1.54) is 43.6 Å². The molecular formula is C23H37N7O. The fourth-order valence-corrected chi connectivity index (χ4v) is 3.78. The number of aliphatic imine (C=N–C) groups is 1. The summed E-state index contributed by atoms with van der Waals surface area (Å²) >= 11 is 0. The Labute approximate surface area is 186 Å². The van der Waals surface area contributed by atoms with Crippen molar-refractivity contribution in [3.8, 4) is 0 Å². The fourth-order valence-electron chi connectivity index (χ4n) is 3.78. The van der Waals surface area contributed by atoms with Gasteiger partial charge in [0.25, 0.3) is 0 Å². The predicted molar refractivity (Wildman–Crippen MR) is 125 cm³/mol. The van der Waals surface area contributed by atoms with Crippen LogP contribution in [-0.2, 0) is 24.9 Å². The Morgan fingerprint density at radius 3 is 2.55 bits per heavy atom. The summed E-state index contributed by atoms with van der Waals surface area (Å²) in [5.41, 5.74) is 2.60. The summed E-state index contributed by atoms with van der Waals surface area (Å²) in [7, 11) is 5.77. The summed E-state index contributed by atoms with van der Waals surface area (Å²) in [5.74, 6) is 2.60. The fraction of sp³-hybridized carbons (Fsp3) is 0.609. The van der Waals surface area contributed by atoms with E-state index >= 15 is 0 Å². The van der Waals surface area contributed by atoms with Crippen LogP contribution in [0.5, 0.6) is 0 Å². The number of nitrogens with zero attached hydrogens (tertiary/aromatic N) is 6. The molecule has 1 aromatic carbocycles. The van der Waals surface area contributed by atoms with Crippen LogP contribution in [0, 0.1) is 6.92 Å². The number of hydrogen-bond acceptors (Lipinski definition) is 5. The van der Waals surface area contributed by atoms with Crippen LogP contribution in [0.25, 0.3) is 0 Å². The van der Waals surface area contributed by atoms with Gasteiger partial charge in [0.1, 0.15) is 12.4 Å². The van der Waals surface area contributed by atoms with Gasteiger partial charge in [0, 0.05) is 59.7 Å². The van der Waals surface area contributed by atoms with Crippen LogP contribution in [0.1, 0.15) is 42.9 Å². The van der Waals surface area contributed by atoms with Gasteiger partial charge in [-0.15, -0.1) is 10.2 Å². The van der Waals surface area contributed by atoms with Gasteiger partial charge in [0.2, 0.25) is 0 Å². The number of rotatable bonds is 9. The molecule has 31 heavy (non-hydrogen) atoms. The molecule has 0 aliphatic carbocycles. The average Bonchev–Trinajstić information content (AvgIpc) is 3.12. The smallest absolute Gasteiger partial charge is 0.194 e. The molecule has 0 spiro atoms. The Balaban J connectivity index is 1.64. The van der Waals surface area contributed by atoms with Gasteiger partial charge in [-0.25, -0.2) is 4.99 Å². The van der Waals surface area contributed by atoms with Crippen molar-refractivity contribution < 1.29 is 4.74 Å². The van der Waals surface area contributed by atoms with Gasteiger partial charge in [0.05, 0.1) is 0 Å². The lowest BCUT2D eigenvalue weighted by Crippen LogP contribution is -2.39. The topological polar surface area (TPSA) is 70.8 Å². The lowest BCUT2D eigenvalue weighted by atomic mass is 10.1. The second-order valence-electron chi connectivity index (χ2n) is 8.21. The van der Waals surface area contributed by atoms with Crippen molar-refractivity contribution in [1.29, 1.82) is 0 Å². The first-order valence-corrected chi connectivity index (χ1v) is 11.3. The van der Waals surface area contributed by atoms with Crippen molar-refractivity contribution in [2.45, 2.75) is 45.7 Å². The molecule has 1 aliphatic heterocycles. The first-order valence-electron chi connectivity index (χ1n) is 11.3. The van der Waals surface area contributed by atoms with Crippen molar-refractivity contribution in [3.05, 3.63) is 41.5 Å². The normalized spacial score (nSPS) is 14.7. The predicted octanol–water partition coefficient (Wildman–Crippen LogP) is 2.73. The zero-order valence-corrected chi connectivity index (χ0v) is 19.5. The molecule has 2 aromatic rings. The zero-order valence-electron chi connectivity index (χ0n) is 19.5. The molecule has 1 aliphatic rings. The molecule has 0 unspecified atom stereocenters. The number of methoxy groups -OCH3 is 1. The Morgan fingerprint density at radius 2 is 1.90 bits per heavy atom. The number of guanidine groups is 1. The Bertz CT molecular complexity index is 825. The number of benzene rings is 1. The molecule has 0 radical (unpaired) electrons. The van der Waals surface area contributed by atoms with Crippen LogP contribution in [0.3, 0.4) is 0 Å². The van der Waals surface area contributed by atoms with Gasteiger partial charge < -0.3 is 24.4 Å². The van der Waals surface area contributed by atoms with Crippen molar-refractivity contribution in [2.24, 2.45) is 12.0 Å². The molecule has 0 amide bonds. The van der Waals surface area contributed by atoms with E-state index < -0.39 is 0 Å². The molecular weight excluding hydrogens is 390 g/mol. The second kappa shape index (κ2) is 11.7. The van der Waals surface area contributed by atoms with Gasteiger partial charge >= 0.3 is 0 Å². The van der Waals surface area contributed by atoms with E-state index in [1.54, 1.807) is 7.11 Å². The third-order valence-electron chi connectivity index (χ3n) is 5.80. The van der Waals surface area contributed by atoms with E-state index in [2.05, 4.69) is 56.6 Å². The lowest BCUT2D eigenvalue weighted by Gasteiger charge is -2.29. The molecule has 1 saturated heterocycles. The highest BCUT2D eigenvalue weighted by atomic mass is 16.5. The lowest BCUT2D eigenvalue weighted by molar-refractivity contribution is 0.195. The van der Waals surface area contributed by atoms with Crippen LogP contribution in [-0.4, -0.2) is 66.0 Å². The quantitative estimate of drug-likeness (QED) is 0.377. The first-order chi connectivity index (χ1) is 15.1. The Hall–Kier alpha value is -2.61. The largest absolute Gasteiger partial charge is 0.385 e. The SMILES string of the molecule is COCCCNC(=NCc1nnc(C)n1C)N(C)Cc1ccc(N2CCCCC2)cc1. The number of aryl methyl sites for hydroxylation is 1. The van der Waals surface area contributed by atoms with Crippen LogP contribution in [0.4, 0.5) is 5.69 Å². The summed E-state index contributed by atoms with van der Waals surface area (Å²) in [4.78, 5) is 9.46. The van der Waals surface area contributed by atoms with E-state index in [0.29, 0.717) is 6.54 Å². The molecule has 1 fully saturated rings. The molecule has 170 valence electrons. The molecule has 8 heteroatoms. The number of aromatic nitrogens is 3.